The normalized spacial score (nSPS) is 23.0. The Morgan fingerprint density at radius 1 is 1.19 bits per heavy atom. The van der Waals surface area contributed by atoms with Gasteiger partial charge in [-0.1, -0.05) is 0 Å². The summed E-state index contributed by atoms with van der Waals surface area (Å²) in [6, 6.07) is -0.461. The molecule has 0 aromatic carbocycles. The molecule has 2 saturated heterocycles. The third-order valence-electron chi connectivity index (χ3n) is 4.80. The average molecular weight is 297 g/mol. The molecule has 2 fully saturated rings. The summed E-state index contributed by atoms with van der Waals surface area (Å²) < 4.78 is 0. The van der Waals surface area contributed by atoms with Crippen molar-refractivity contribution in [2.75, 3.05) is 39.3 Å². The highest BCUT2D eigenvalue weighted by atomic mass is 16.4. The van der Waals surface area contributed by atoms with Crippen LogP contribution in [-0.2, 0) is 9.59 Å². The summed E-state index contributed by atoms with van der Waals surface area (Å²) >= 11 is 0. The minimum atomic E-state index is -0.791. The molecule has 0 bridgehead atoms. The van der Waals surface area contributed by atoms with E-state index in [1.54, 1.807) is 6.92 Å². The summed E-state index contributed by atoms with van der Waals surface area (Å²) in [4.78, 5) is 27.0. The number of hydrogen-bond acceptors (Lipinski definition) is 4. The van der Waals surface area contributed by atoms with E-state index in [1.807, 2.05) is 9.80 Å². The van der Waals surface area contributed by atoms with E-state index in [4.69, 9.17) is 5.11 Å². The van der Waals surface area contributed by atoms with Gasteiger partial charge in [-0.3, -0.25) is 14.5 Å². The zero-order valence-corrected chi connectivity index (χ0v) is 12.9. The number of carbonyl (C=O) groups is 2. The van der Waals surface area contributed by atoms with Crippen molar-refractivity contribution in [1.82, 2.24) is 15.1 Å². The van der Waals surface area contributed by atoms with E-state index >= 15 is 0 Å². The zero-order chi connectivity index (χ0) is 15.2. The maximum atomic E-state index is 12.2. The molecule has 0 radical (unpaired) electrons. The molecule has 2 aliphatic heterocycles. The Morgan fingerprint density at radius 2 is 1.81 bits per heavy atom. The van der Waals surface area contributed by atoms with Crippen molar-refractivity contribution in [2.24, 2.45) is 5.92 Å². The number of piperidine rings is 1. The summed E-state index contributed by atoms with van der Waals surface area (Å²) in [6.07, 6.45) is 3.99. The van der Waals surface area contributed by atoms with Crippen molar-refractivity contribution in [3.05, 3.63) is 0 Å². The van der Waals surface area contributed by atoms with E-state index in [-0.39, 0.29) is 5.91 Å². The highest BCUT2D eigenvalue weighted by Crippen LogP contribution is 2.19. The predicted molar refractivity (Wildman–Crippen MR) is 80.1 cm³/mol. The fourth-order valence-corrected chi connectivity index (χ4v) is 3.17. The molecule has 2 N–H and O–H groups in total. The van der Waals surface area contributed by atoms with Crippen LogP contribution >= 0.6 is 0 Å². The maximum absolute atomic E-state index is 12.2. The van der Waals surface area contributed by atoms with Gasteiger partial charge in [-0.05, 0) is 45.2 Å². The minimum absolute atomic E-state index is 0.233. The van der Waals surface area contributed by atoms with Crippen LogP contribution in [0.5, 0.6) is 0 Å². The van der Waals surface area contributed by atoms with Crippen molar-refractivity contribution in [3.63, 3.8) is 0 Å². The molecule has 0 aromatic rings. The van der Waals surface area contributed by atoms with Crippen molar-refractivity contribution < 1.29 is 14.7 Å². The van der Waals surface area contributed by atoms with Gasteiger partial charge >= 0.3 is 5.97 Å². The summed E-state index contributed by atoms with van der Waals surface area (Å²) in [5.41, 5.74) is 0. The van der Waals surface area contributed by atoms with E-state index in [1.165, 1.54) is 12.8 Å². The number of aliphatic carboxylic acids is 1. The number of piperazine rings is 1. The van der Waals surface area contributed by atoms with Crippen LogP contribution in [0.3, 0.4) is 0 Å². The Hall–Kier alpha value is -1.14. The smallest absolute Gasteiger partial charge is 0.320 e. The second kappa shape index (κ2) is 7.75. The largest absolute Gasteiger partial charge is 0.480 e. The molecular formula is C15H27N3O3. The van der Waals surface area contributed by atoms with Gasteiger partial charge in [-0.25, -0.2) is 0 Å². The van der Waals surface area contributed by atoms with Gasteiger partial charge in [0.1, 0.15) is 6.04 Å². The van der Waals surface area contributed by atoms with Crippen molar-refractivity contribution >= 4 is 11.9 Å². The molecule has 1 unspecified atom stereocenters. The van der Waals surface area contributed by atoms with E-state index in [0.717, 1.165) is 19.5 Å². The molecule has 2 rings (SSSR count). The second-order valence-corrected chi connectivity index (χ2v) is 6.16. The first-order valence-corrected chi connectivity index (χ1v) is 8.03. The van der Waals surface area contributed by atoms with Crippen LogP contribution in [0, 0.1) is 5.92 Å². The van der Waals surface area contributed by atoms with Gasteiger partial charge in [-0.15, -0.1) is 0 Å². The molecule has 2 heterocycles. The Morgan fingerprint density at radius 3 is 2.38 bits per heavy atom. The summed E-state index contributed by atoms with van der Waals surface area (Å²) in [5.74, 6) is 0.125. The molecule has 2 aliphatic rings. The van der Waals surface area contributed by atoms with Crippen LogP contribution in [0.25, 0.3) is 0 Å². The number of carbonyl (C=O) groups excluding carboxylic acids is 1. The van der Waals surface area contributed by atoms with Crippen LogP contribution < -0.4 is 5.32 Å². The predicted octanol–water partition coefficient (Wildman–Crippen LogP) is 0.384. The highest BCUT2D eigenvalue weighted by molar-refractivity contribution is 5.76. The molecule has 1 amide bonds. The van der Waals surface area contributed by atoms with Gasteiger partial charge in [0.2, 0.25) is 5.91 Å². The molecule has 1 atom stereocenters. The van der Waals surface area contributed by atoms with Gasteiger partial charge in [0.05, 0.1) is 0 Å². The first-order chi connectivity index (χ1) is 10.1. The van der Waals surface area contributed by atoms with Gasteiger partial charge in [-0.2, -0.15) is 0 Å². The summed E-state index contributed by atoms with van der Waals surface area (Å²) in [5, 5.41) is 12.4. The number of carboxylic acids is 1. The SMILES string of the molecule is CC(C(=O)O)N1CCN(C(=O)CCC2CCNCC2)CC1. The summed E-state index contributed by atoms with van der Waals surface area (Å²) in [6.45, 7) is 6.48. The van der Waals surface area contributed by atoms with Crippen LogP contribution in [0.4, 0.5) is 0 Å². The third-order valence-corrected chi connectivity index (χ3v) is 4.80. The van der Waals surface area contributed by atoms with E-state index in [2.05, 4.69) is 5.32 Å². The van der Waals surface area contributed by atoms with Crippen LogP contribution in [0.2, 0.25) is 0 Å². The molecule has 0 spiro atoms. The summed E-state index contributed by atoms with van der Waals surface area (Å²) in [7, 11) is 0. The molecule has 21 heavy (non-hydrogen) atoms. The van der Waals surface area contributed by atoms with E-state index in [9.17, 15) is 9.59 Å². The van der Waals surface area contributed by atoms with Crippen molar-refractivity contribution in [3.8, 4) is 0 Å². The molecule has 0 aromatic heterocycles. The lowest BCUT2D eigenvalue weighted by Gasteiger charge is -2.36. The molecule has 6 heteroatoms. The average Bonchev–Trinajstić information content (AvgIpc) is 2.53. The Labute approximate surface area is 126 Å². The first kappa shape index (κ1) is 16.2. The highest BCUT2D eigenvalue weighted by Gasteiger charge is 2.27. The number of rotatable bonds is 5. The monoisotopic (exact) mass is 297 g/mol. The van der Waals surface area contributed by atoms with Crippen LogP contribution in [0.15, 0.2) is 0 Å². The molecule has 120 valence electrons. The van der Waals surface area contributed by atoms with Crippen LogP contribution in [-0.4, -0.2) is 72.1 Å². The second-order valence-electron chi connectivity index (χ2n) is 6.16. The Kier molecular flexibility index (Phi) is 5.99. The van der Waals surface area contributed by atoms with Crippen molar-refractivity contribution in [2.45, 2.75) is 38.6 Å². The number of hydrogen-bond donors (Lipinski definition) is 2. The Bertz CT molecular complexity index is 361. The first-order valence-electron chi connectivity index (χ1n) is 8.03. The van der Waals surface area contributed by atoms with Crippen molar-refractivity contribution in [1.29, 1.82) is 0 Å². The topological polar surface area (TPSA) is 72.9 Å². The third kappa shape index (κ3) is 4.68. The lowest BCUT2D eigenvalue weighted by atomic mass is 9.93. The van der Waals surface area contributed by atoms with Gasteiger partial charge in [0, 0.05) is 32.6 Å². The zero-order valence-electron chi connectivity index (χ0n) is 12.9. The van der Waals surface area contributed by atoms with Gasteiger partial charge in [0.15, 0.2) is 0 Å². The molecular weight excluding hydrogens is 270 g/mol. The molecule has 0 saturated carbocycles. The fraction of sp³-hybridized carbons (Fsp3) is 0.867. The Balaban J connectivity index is 1.69. The minimum Gasteiger partial charge on any atom is -0.480 e. The maximum Gasteiger partial charge on any atom is 0.320 e. The van der Waals surface area contributed by atoms with Gasteiger partial charge in [0.25, 0.3) is 0 Å². The number of carboxylic acid groups (broad SMARTS) is 1. The number of amides is 1. The fourth-order valence-electron chi connectivity index (χ4n) is 3.17. The quantitative estimate of drug-likeness (QED) is 0.768. The number of nitrogens with one attached hydrogen (secondary N) is 1. The molecule has 0 aliphatic carbocycles. The van der Waals surface area contributed by atoms with Crippen LogP contribution in [0.1, 0.15) is 32.6 Å². The van der Waals surface area contributed by atoms with E-state index < -0.39 is 12.0 Å². The number of nitrogens with zero attached hydrogens (tertiary/aromatic N) is 2. The lowest BCUT2D eigenvalue weighted by Crippen LogP contribution is -2.53. The lowest BCUT2D eigenvalue weighted by molar-refractivity contribution is -0.144. The molecule has 6 nitrogen and oxygen atoms in total. The van der Waals surface area contributed by atoms with E-state index in [0.29, 0.717) is 38.5 Å². The van der Waals surface area contributed by atoms with Gasteiger partial charge < -0.3 is 15.3 Å². The standard InChI is InChI=1S/C15H27N3O3/c1-12(15(20)21)17-8-10-18(11-9-17)14(19)3-2-13-4-6-16-7-5-13/h12-13,16H,2-11H2,1H3,(H,20,21).